The number of benzene rings is 2. The summed E-state index contributed by atoms with van der Waals surface area (Å²) in [4.78, 5) is 24.2. The number of nitrogens with zero attached hydrogens (tertiary/aromatic N) is 3. The minimum absolute atomic E-state index is 0.167. The van der Waals surface area contributed by atoms with Crippen molar-refractivity contribution in [3.8, 4) is 11.5 Å². The number of carbonyl (C=O) groups is 1. The summed E-state index contributed by atoms with van der Waals surface area (Å²) in [5.41, 5.74) is 3.54. The molecule has 0 saturated carbocycles. The maximum atomic E-state index is 13.6. The minimum atomic E-state index is -0.167. The summed E-state index contributed by atoms with van der Waals surface area (Å²) in [6.45, 7) is 2.49. The quantitative estimate of drug-likeness (QED) is 0.405. The first-order chi connectivity index (χ1) is 15.1. The highest BCUT2D eigenvalue weighted by Crippen LogP contribution is 2.33. The van der Waals surface area contributed by atoms with Gasteiger partial charge in [-0.3, -0.25) is 14.7 Å². The number of hydrogen-bond donors (Lipinski definition) is 0. The Hall–Kier alpha value is -3.45. The van der Waals surface area contributed by atoms with Crippen LogP contribution in [-0.4, -0.2) is 30.1 Å². The zero-order chi connectivity index (χ0) is 21.8. The fourth-order valence-electron chi connectivity index (χ4n) is 3.32. The van der Waals surface area contributed by atoms with Crippen molar-refractivity contribution in [2.45, 2.75) is 19.9 Å². The van der Waals surface area contributed by atoms with Crippen LogP contribution in [0.15, 0.2) is 60.9 Å². The van der Waals surface area contributed by atoms with E-state index >= 15 is 0 Å². The number of aromatic nitrogens is 2. The summed E-state index contributed by atoms with van der Waals surface area (Å²) in [5, 5.41) is 0.645. The van der Waals surface area contributed by atoms with Crippen molar-refractivity contribution in [2.24, 2.45) is 0 Å². The lowest BCUT2D eigenvalue weighted by molar-refractivity contribution is 0.0984. The molecule has 0 saturated heterocycles. The molecule has 0 fully saturated rings. The maximum Gasteiger partial charge on any atom is 0.260 e. The van der Waals surface area contributed by atoms with Gasteiger partial charge in [0, 0.05) is 18.0 Å². The van der Waals surface area contributed by atoms with Crippen molar-refractivity contribution in [3.05, 3.63) is 77.6 Å². The predicted octanol–water partition coefficient (Wildman–Crippen LogP) is 5.12. The van der Waals surface area contributed by atoms with E-state index in [0.717, 1.165) is 22.2 Å². The van der Waals surface area contributed by atoms with Gasteiger partial charge in [-0.2, -0.15) is 0 Å². The first kappa shape index (κ1) is 20.8. The summed E-state index contributed by atoms with van der Waals surface area (Å²) in [6, 6.07) is 15.2. The maximum absolute atomic E-state index is 13.6. The number of aryl methyl sites for hydroxylation is 1. The van der Waals surface area contributed by atoms with Crippen LogP contribution >= 0.6 is 11.3 Å². The third-order valence-corrected chi connectivity index (χ3v) is 6.06. The summed E-state index contributed by atoms with van der Waals surface area (Å²) in [7, 11) is 3.12. The van der Waals surface area contributed by atoms with Gasteiger partial charge in [0.05, 0.1) is 31.0 Å². The Morgan fingerprint density at radius 1 is 1.03 bits per heavy atom. The molecule has 0 aliphatic rings. The third kappa shape index (κ3) is 4.36. The van der Waals surface area contributed by atoms with Crippen molar-refractivity contribution in [2.75, 3.05) is 19.1 Å². The lowest BCUT2D eigenvalue weighted by Crippen LogP contribution is -2.30. The average Bonchev–Trinajstić information content (AvgIpc) is 3.25. The zero-order valence-corrected chi connectivity index (χ0v) is 18.5. The fourth-order valence-corrected chi connectivity index (χ4v) is 4.34. The number of carbonyl (C=O) groups excluding carboxylic acids is 1. The monoisotopic (exact) mass is 433 g/mol. The van der Waals surface area contributed by atoms with Crippen LogP contribution in [0.1, 0.15) is 28.4 Å². The summed E-state index contributed by atoms with van der Waals surface area (Å²) >= 11 is 1.51. The molecule has 0 N–H and O–H groups in total. The van der Waals surface area contributed by atoms with Gasteiger partial charge in [-0.05, 0) is 53.9 Å². The smallest absolute Gasteiger partial charge is 0.260 e. The SMILES string of the molecule is CCc1ccc2nc(N(Cc3cccnc3)C(=O)c3ccc(OC)c(OC)c3)sc2c1. The van der Waals surface area contributed by atoms with Crippen LogP contribution in [0.3, 0.4) is 0 Å². The molecule has 0 radical (unpaired) electrons. The van der Waals surface area contributed by atoms with Crippen LogP contribution < -0.4 is 14.4 Å². The van der Waals surface area contributed by atoms with Crippen LogP contribution in [-0.2, 0) is 13.0 Å². The molecule has 1 amide bonds. The number of amides is 1. The lowest BCUT2D eigenvalue weighted by atomic mass is 10.1. The third-order valence-electron chi connectivity index (χ3n) is 5.02. The van der Waals surface area contributed by atoms with Gasteiger partial charge in [0.15, 0.2) is 16.6 Å². The van der Waals surface area contributed by atoms with Crippen LogP contribution in [0.25, 0.3) is 10.2 Å². The van der Waals surface area contributed by atoms with Gasteiger partial charge in [-0.15, -0.1) is 0 Å². The number of anilines is 1. The second-order valence-electron chi connectivity index (χ2n) is 6.97. The van der Waals surface area contributed by atoms with Crippen molar-refractivity contribution < 1.29 is 14.3 Å². The molecule has 7 heteroatoms. The van der Waals surface area contributed by atoms with E-state index in [2.05, 4.69) is 24.0 Å². The first-order valence-electron chi connectivity index (χ1n) is 9.95. The van der Waals surface area contributed by atoms with E-state index in [1.807, 2.05) is 18.2 Å². The Kier molecular flexibility index (Phi) is 6.13. The Labute approximate surface area is 185 Å². The zero-order valence-electron chi connectivity index (χ0n) is 17.7. The van der Waals surface area contributed by atoms with Crippen molar-refractivity contribution in [1.29, 1.82) is 0 Å². The van der Waals surface area contributed by atoms with Gasteiger partial charge in [0.25, 0.3) is 5.91 Å². The van der Waals surface area contributed by atoms with E-state index in [0.29, 0.717) is 28.7 Å². The number of pyridine rings is 1. The van der Waals surface area contributed by atoms with Crippen molar-refractivity contribution in [1.82, 2.24) is 9.97 Å². The molecule has 0 aliphatic carbocycles. The average molecular weight is 434 g/mol. The molecule has 4 aromatic rings. The molecule has 2 aromatic heterocycles. The van der Waals surface area contributed by atoms with Gasteiger partial charge in [-0.1, -0.05) is 30.4 Å². The topological polar surface area (TPSA) is 64.6 Å². The van der Waals surface area contributed by atoms with Crippen LogP contribution in [0, 0.1) is 0 Å². The Bertz CT molecular complexity index is 1210. The molecule has 6 nitrogen and oxygen atoms in total. The van der Waals surface area contributed by atoms with E-state index in [4.69, 9.17) is 14.5 Å². The van der Waals surface area contributed by atoms with Crippen LogP contribution in [0.5, 0.6) is 11.5 Å². The molecular weight excluding hydrogens is 410 g/mol. The second kappa shape index (κ2) is 9.14. The van der Waals surface area contributed by atoms with Crippen LogP contribution in [0.2, 0.25) is 0 Å². The summed E-state index contributed by atoms with van der Waals surface area (Å²) in [5.74, 6) is 0.913. The first-order valence-corrected chi connectivity index (χ1v) is 10.8. The Balaban J connectivity index is 1.76. The second-order valence-corrected chi connectivity index (χ2v) is 7.98. The van der Waals surface area contributed by atoms with E-state index in [1.54, 1.807) is 49.7 Å². The fraction of sp³-hybridized carbons (Fsp3) is 0.208. The molecular formula is C24H23N3O3S. The Morgan fingerprint density at radius 3 is 2.58 bits per heavy atom. The van der Waals surface area contributed by atoms with Crippen LogP contribution in [0.4, 0.5) is 5.13 Å². The lowest BCUT2D eigenvalue weighted by Gasteiger charge is -2.20. The standard InChI is InChI=1S/C24H23N3O3S/c1-4-16-7-9-19-22(12-16)31-24(26-19)27(15-17-6-5-11-25-14-17)23(28)18-8-10-20(29-2)21(13-18)30-3/h5-14H,4,15H2,1-3H3. The van der Waals surface area contributed by atoms with Crippen molar-refractivity contribution >= 4 is 32.6 Å². The van der Waals surface area contributed by atoms with Crippen molar-refractivity contribution in [3.63, 3.8) is 0 Å². The van der Waals surface area contributed by atoms with E-state index in [9.17, 15) is 4.79 Å². The van der Waals surface area contributed by atoms with Gasteiger partial charge in [0.2, 0.25) is 0 Å². The normalized spacial score (nSPS) is 10.8. The molecule has 0 bridgehead atoms. The molecule has 0 spiro atoms. The molecule has 0 unspecified atom stereocenters. The summed E-state index contributed by atoms with van der Waals surface area (Å²) in [6.07, 6.45) is 4.43. The molecule has 0 aliphatic heterocycles. The number of ether oxygens (including phenoxy) is 2. The van der Waals surface area contributed by atoms with E-state index < -0.39 is 0 Å². The molecule has 31 heavy (non-hydrogen) atoms. The highest BCUT2D eigenvalue weighted by atomic mass is 32.1. The molecule has 2 aromatic carbocycles. The number of hydrogen-bond acceptors (Lipinski definition) is 6. The highest BCUT2D eigenvalue weighted by molar-refractivity contribution is 7.22. The molecule has 0 atom stereocenters. The van der Waals surface area contributed by atoms with Gasteiger partial charge in [-0.25, -0.2) is 4.98 Å². The largest absolute Gasteiger partial charge is 0.493 e. The number of rotatable bonds is 7. The highest BCUT2D eigenvalue weighted by Gasteiger charge is 2.23. The number of thiazole rings is 1. The molecule has 2 heterocycles. The van der Waals surface area contributed by atoms with E-state index in [1.165, 1.54) is 16.9 Å². The predicted molar refractivity (Wildman–Crippen MR) is 123 cm³/mol. The van der Waals surface area contributed by atoms with E-state index in [-0.39, 0.29) is 5.91 Å². The number of methoxy groups -OCH3 is 2. The summed E-state index contributed by atoms with van der Waals surface area (Å²) < 4.78 is 11.8. The Morgan fingerprint density at radius 2 is 1.87 bits per heavy atom. The molecule has 4 rings (SSSR count). The minimum Gasteiger partial charge on any atom is -0.493 e. The van der Waals surface area contributed by atoms with Gasteiger partial charge >= 0.3 is 0 Å². The van der Waals surface area contributed by atoms with Gasteiger partial charge in [0.1, 0.15) is 0 Å². The number of fused-ring (bicyclic) bond motifs is 1. The van der Waals surface area contributed by atoms with Gasteiger partial charge < -0.3 is 9.47 Å². The molecule has 158 valence electrons.